The van der Waals surface area contributed by atoms with Crippen molar-refractivity contribution in [3.63, 3.8) is 0 Å². The number of aliphatic carboxylic acids is 1. The number of hydrogen-bond acceptors (Lipinski definition) is 3. The standard InChI is InChI=1S/C24H26N2O2/c1-2-17-7-9-18(10-8-17)23(26-13-11-19(12-14-26)24(27)28)21-15-20-5-3-4-6-22(20)25-16-21/h3-10,15-16,19,23H,2,11-14H2,1H3,(H,27,28). The molecule has 1 aromatic heterocycles. The molecule has 1 unspecified atom stereocenters. The minimum Gasteiger partial charge on any atom is -0.481 e. The van der Waals surface area contributed by atoms with Crippen molar-refractivity contribution in [3.8, 4) is 0 Å². The second kappa shape index (κ2) is 8.11. The van der Waals surface area contributed by atoms with Crippen LogP contribution in [-0.4, -0.2) is 34.0 Å². The lowest BCUT2D eigenvalue weighted by molar-refractivity contribution is -0.143. The summed E-state index contributed by atoms with van der Waals surface area (Å²) in [5.41, 5.74) is 4.72. The van der Waals surface area contributed by atoms with E-state index in [1.807, 2.05) is 24.4 Å². The Hall–Kier alpha value is -2.72. The van der Waals surface area contributed by atoms with Crippen molar-refractivity contribution in [1.29, 1.82) is 0 Å². The highest BCUT2D eigenvalue weighted by Gasteiger charge is 2.30. The Bertz CT molecular complexity index is 960. The number of carbonyl (C=O) groups is 1. The monoisotopic (exact) mass is 374 g/mol. The number of carboxylic acid groups (broad SMARTS) is 1. The SMILES string of the molecule is CCc1ccc(C(c2cnc3ccccc3c2)N2CCC(C(=O)O)CC2)cc1. The molecule has 2 heterocycles. The third-order valence-corrected chi connectivity index (χ3v) is 5.88. The molecule has 0 radical (unpaired) electrons. The highest BCUT2D eigenvalue weighted by molar-refractivity contribution is 5.79. The summed E-state index contributed by atoms with van der Waals surface area (Å²) in [6, 6.07) is 19.3. The summed E-state index contributed by atoms with van der Waals surface area (Å²) >= 11 is 0. The van der Waals surface area contributed by atoms with E-state index in [4.69, 9.17) is 0 Å². The van der Waals surface area contributed by atoms with Crippen molar-refractivity contribution in [3.05, 3.63) is 77.5 Å². The zero-order valence-electron chi connectivity index (χ0n) is 16.2. The molecule has 2 aromatic carbocycles. The van der Waals surface area contributed by atoms with E-state index in [0.717, 1.165) is 36.0 Å². The van der Waals surface area contributed by atoms with Crippen LogP contribution in [0, 0.1) is 5.92 Å². The largest absolute Gasteiger partial charge is 0.481 e. The molecule has 0 spiro atoms. The average Bonchev–Trinajstić information content (AvgIpc) is 2.75. The van der Waals surface area contributed by atoms with Gasteiger partial charge in [-0.3, -0.25) is 14.7 Å². The molecule has 0 bridgehead atoms. The summed E-state index contributed by atoms with van der Waals surface area (Å²) in [5.74, 6) is -0.898. The summed E-state index contributed by atoms with van der Waals surface area (Å²) in [6.45, 7) is 3.73. The Morgan fingerprint density at radius 3 is 2.50 bits per heavy atom. The Morgan fingerprint density at radius 2 is 1.82 bits per heavy atom. The topological polar surface area (TPSA) is 53.4 Å². The van der Waals surface area contributed by atoms with Crippen LogP contribution in [0.2, 0.25) is 0 Å². The summed E-state index contributed by atoms with van der Waals surface area (Å²) in [4.78, 5) is 18.4. The van der Waals surface area contributed by atoms with Crippen LogP contribution < -0.4 is 0 Å². The van der Waals surface area contributed by atoms with E-state index >= 15 is 0 Å². The van der Waals surface area contributed by atoms with E-state index in [1.54, 1.807) is 0 Å². The number of carboxylic acids is 1. The van der Waals surface area contributed by atoms with Crippen molar-refractivity contribution in [1.82, 2.24) is 9.88 Å². The first-order valence-electron chi connectivity index (χ1n) is 10.1. The number of pyridine rings is 1. The molecule has 1 aliphatic rings. The average molecular weight is 374 g/mol. The molecule has 0 amide bonds. The van der Waals surface area contributed by atoms with Crippen molar-refractivity contribution < 1.29 is 9.90 Å². The van der Waals surface area contributed by atoms with Gasteiger partial charge in [0.15, 0.2) is 0 Å². The van der Waals surface area contributed by atoms with Crippen LogP contribution in [0.1, 0.15) is 42.5 Å². The molecule has 0 saturated carbocycles. The summed E-state index contributed by atoms with van der Waals surface area (Å²) in [7, 11) is 0. The van der Waals surface area contributed by atoms with Crippen LogP contribution in [0.4, 0.5) is 0 Å². The normalized spacial score (nSPS) is 16.9. The predicted octanol–water partition coefficient (Wildman–Crippen LogP) is 4.68. The van der Waals surface area contributed by atoms with Gasteiger partial charge in [0.1, 0.15) is 0 Å². The number of benzene rings is 2. The Balaban J connectivity index is 1.70. The van der Waals surface area contributed by atoms with Gasteiger partial charge < -0.3 is 5.11 Å². The van der Waals surface area contributed by atoms with Crippen LogP contribution >= 0.6 is 0 Å². The van der Waals surface area contributed by atoms with Crippen LogP contribution in [0.15, 0.2) is 60.8 Å². The van der Waals surface area contributed by atoms with Crippen LogP contribution in [0.3, 0.4) is 0 Å². The molecule has 1 fully saturated rings. The molecule has 1 aliphatic heterocycles. The second-order valence-corrected chi connectivity index (χ2v) is 7.61. The number of nitrogens with zero attached hydrogens (tertiary/aromatic N) is 2. The number of aromatic nitrogens is 1. The molecule has 1 atom stereocenters. The smallest absolute Gasteiger partial charge is 0.306 e. The van der Waals surface area contributed by atoms with E-state index in [1.165, 1.54) is 11.1 Å². The van der Waals surface area contributed by atoms with Gasteiger partial charge in [0, 0.05) is 11.6 Å². The van der Waals surface area contributed by atoms with Gasteiger partial charge in [0.05, 0.1) is 17.5 Å². The van der Waals surface area contributed by atoms with Gasteiger partial charge in [0.25, 0.3) is 0 Å². The molecule has 0 aliphatic carbocycles. The van der Waals surface area contributed by atoms with E-state index in [-0.39, 0.29) is 12.0 Å². The summed E-state index contributed by atoms with van der Waals surface area (Å²) in [6.07, 6.45) is 4.39. The van der Waals surface area contributed by atoms with Crippen molar-refractivity contribution in [2.24, 2.45) is 5.92 Å². The minimum atomic E-state index is -0.670. The van der Waals surface area contributed by atoms with Crippen LogP contribution in [0.25, 0.3) is 10.9 Å². The van der Waals surface area contributed by atoms with Gasteiger partial charge >= 0.3 is 5.97 Å². The van der Waals surface area contributed by atoms with E-state index in [0.29, 0.717) is 12.8 Å². The number of hydrogen-bond donors (Lipinski definition) is 1. The lowest BCUT2D eigenvalue weighted by Crippen LogP contribution is -2.39. The zero-order valence-corrected chi connectivity index (χ0v) is 16.2. The lowest BCUT2D eigenvalue weighted by atomic mass is 9.91. The first-order chi connectivity index (χ1) is 13.7. The molecule has 4 nitrogen and oxygen atoms in total. The Labute approximate surface area is 165 Å². The highest BCUT2D eigenvalue weighted by atomic mass is 16.4. The lowest BCUT2D eigenvalue weighted by Gasteiger charge is -2.37. The van der Waals surface area contributed by atoms with Crippen molar-refractivity contribution >= 4 is 16.9 Å². The fraction of sp³-hybridized carbons (Fsp3) is 0.333. The van der Waals surface area contributed by atoms with Gasteiger partial charge in [0.2, 0.25) is 0 Å². The van der Waals surface area contributed by atoms with Crippen molar-refractivity contribution in [2.45, 2.75) is 32.2 Å². The highest BCUT2D eigenvalue weighted by Crippen LogP contribution is 2.33. The first-order valence-corrected chi connectivity index (χ1v) is 10.1. The van der Waals surface area contributed by atoms with Gasteiger partial charge in [-0.15, -0.1) is 0 Å². The number of para-hydroxylation sites is 1. The molecule has 144 valence electrons. The quantitative estimate of drug-likeness (QED) is 0.704. The third kappa shape index (κ3) is 3.78. The van der Waals surface area contributed by atoms with Crippen LogP contribution in [0.5, 0.6) is 0 Å². The molecule has 4 heteroatoms. The van der Waals surface area contributed by atoms with E-state index in [2.05, 4.69) is 53.2 Å². The number of aryl methyl sites for hydroxylation is 1. The molecule has 4 rings (SSSR count). The fourth-order valence-corrected chi connectivity index (χ4v) is 4.19. The molecule has 1 N–H and O–H groups in total. The number of piperidine rings is 1. The summed E-state index contributed by atoms with van der Waals surface area (Å²) in [5, 5.41) is 10.5. The van der Waals surface area contributed by atoms with Gasteiger partial charge in [-0.2, -0.15) is 0 Å². The van der Waals surface area contributed by atoms with Gasteiger partial charge in [-0.25, -0.2) is 0 Å². The Kier molecular flexibility index (Phi) is 5.40. The number of likely N-dealkylation sites (tertiary alicyclic amines) is 1. The molecule has 3 aromatic rings. The van der Waals surface area contributed by atoms with Gasteiger partial charge in [-0.05, 0) is 61.2 Å². The third-order valence-electron chi connectivity index (χ3n) is 5.88. The predicted molar refractivity (Wildman–Crippen MR) is 111 cm³/mol. The number of rotatable bonds is 5. The zero-order chi connectivity index (χ0) is 19.5. The molecular formula is C24H26N2O2. The maximum atomic E-state index is 11.4. The second-order valence-electron chi connectivity index (χ2n) is 7.61. The summed E-state index contributed by atoms with van der Waals surface area (Å²) < 4.78 is 0. The van der Waals surface area contributed by atoms with Crippen LogP contribution in [-0.2, 0) is 11.2 Å². The van der Waals surface area contributed by atoms with Gasteiger partial charge in [-0.1, -0.05) is 49.4 Å². The minimum absolute atomic E-state index is 0.0951. The first kappa shape index (κ1) is 18.6. The number of fused-ring (bicyclic) bond motifs is 1. The molecule has 28 heavy (non-hydrogen) atoms. The van der Waals surface area contributed by atoms with E-state index < -0.39 is 5.97 Å². The van der Waals surface area contributed by atoms with E-state index in [9.17, 15) is 9.90 Å². The molecular weight excluding hydrogens is 348 g/mol. The maximum Gasteiger partial charge on any atom is 0.306 e. The van der Waals surface area contributed by atoms with Crippen molar-refractivity contribution in [2.75, 3.05) is 13.1 Å². The fourth-order valence-electron chi connectivity index (χ4n) is 4.19. The maximum absolute atomic E-state index is 11.4. The molecule has 1 saturated heterocycles. The Morgan fingerprint density at radius 1 is 1.11 bits per heavy atom.